The maximum Gasteiger partial charge on any atom is 0.148 e. The molecule has 0 atom stereocenters. The van der Waals surface area contributed by atoms with E-state index in [0.29, 0.717) is 28.2 Å². The summed E-state index contributed by atoms with van der Waals surface area (Å²) in [6, 6.07) is 39.0. The molecule has 0 amide bonds. The van der Waals surface area contributed by atoms with Crippen molar-refractivity contribution in [2.24, 2.45) is 0 Å². The molecule has 2 heterocycles. The van der Waals surface area contributed by atoms with Gasteiger partial charge in [-0.15, -0.1) is 29.3 Å². The van der Waals surface area contributed by atoms with Crippen molar-refractivity contribution in [3.8, 4) is 67.5 Å². The Kier molecular flexibility index (Phi) is 11.4. The predicted molar refractivity (Wildman–Crippen MR) is 271 cm³/mol. The minimum absolute atomic E-state index is 0. The molecule has 0 spiro atoms. The number of phenols is 1. The van der Waals surface area contributed by atoms with Crippen molar-refractivity contribution in [3.63, 3.8) is 0 Å². The first kappa shape index (κ1) is 42.1. The third-order valence-corrected chi connectivity index (χ3v) is 12.8. The van der Waals surface area contributed by atoms with Crippen LogP contribution in [0.2, 0.25) is 0 Å². The van der Waals surface area contributed by atoms with Gasteiger partial charge in [-0.1, -0.05) is 179 Å². The molecule has 0 aliphatic rings. The minimum Gasteiger partial charge on any atom is -0.507 e. The van der Waals surface area contributed by atoms with Crippen LogP contribution in [-0.2, 0) is 42.7 Å². The van der Waals surface area contributed by atoms with E-state index in [1.807, 2.05) is 39.8 Å². The molecular weight excluding hydrogens is 974 g/mol. The smallest absolute Gasteiger partial charge is 0.148 e. The van der Waals surface area contributed by atoms with Gasteiger partial charge < -0.3 is 5.11 Å². The number of imidazole rings is 1. The Balaban J connectivity index is 0.00000703. The molecule has 1 N–H and O–H groups in total. The molecule has 0 fully saturated rings. The van der Waals surface area contributed by atoms with Crippen LogP contribution in [0.3, 0.4) is 0 Å². The first-order chi connectivity index (χ1) is 31.8. The molecule has 65 heavy (non-hydrogen) atoms. The van der Waals surface area contributed by atoms with Crippen molar-refractivity contribution in [3.05, 3.63) is 167 Å². The number of rotatable bonds is 8. The normalized spacial score (nSPS) is 13.2. The Bertz CT molecular complexity index is 3230. The van der Waals surface area contributed by atoms with E-state index in [1.165, 1.54) is 5.56 Å². The summed E-state index contributed by atoms with van der Waals surface area (Å²) in [4.78, 5) is 10.4. The van der Waals surface area contributed by atoms with Crippen molar-refractivity contribution in [2.75, 3.05) is 0 Å². The Hall–Kier alpha value is -5.57. The average Bonchev–Trinajstić information content (AvgIpc) is 3.67. The topological polar surface area (TPSA) is 50.9 Å². The predicted octanol–water partition coefficient (Wildman–Crippen LogP) is 16.1. The van der Waals surface area contributed by atoms with Gasteiger partial charge in [0, 0.05) is 38.5 Å². The average molecular weight is 1040 g/mol. The number of nitrogens with zero attached hydrogens (tertiary/aromatic N) is 3. The molecule has 0 bridgehead atoms. The van der Waals surface area contributed by atoms with Crippen LogP contribution in [0.25, 0.3) is 72.7 Å². The van der Waals surface area contributed by atoms with E-state index in [2.05, 4.69) is 158 Å². The van der Waals surface area contributed by atoms with Crippen LogP contribution in [0, 0.1) is 13.0 Å². The number of aromatic hydroxyl groups is 1. The van der Waals surface area contributed by atoms with Crippen molar-refractivity contribution in [1.82, 2.24) is 14.5 Å². The number of pyridine rings is 1. The maximum absolute atomic E-state index is 12.1. The number of para-hydroxylation sites is 1. The molecular formula is C60H64N3OPt-. The zero-order valence-electron chi connectivity index (χ0n) is 44.2. The molecule has 0 unspecified atom stereocenters. The van der Waals surface area contributed by atoms with Gasteiger partial charge >= 0.3 is 0 Å². The molecule has 336 valence electrons. The van der Waals surface area contributed by atoms with E-state index in [9.17, 15) is 5.11 Å². The number of fused-ring (bicyclic) bond motifs is 1. The third-order valence-electron chi connectivity index (χ3n) is 12.8. The Morgan fingerprint density at radius 1 is 0.600 bits per heavy atom. The first-order valence-corrected chi connectivity index (χ1v) is 22.5. The summed E-state index contributed by atoms with van der Waals surface area (Å²) in [5.41, 5.74) is 12.5. The van der Waals surface area contributed by atoms with Crippen molar-refractivity contribution in [1.29, 1.82) is 0 Å². The van der Waals surface area contributed by atoms with E-state index >= 15 is 0 Å². The van der Waals surface area contributed by atoms with E-state index in [-0.39, 0.29) is 72.8 Å². The van der Waals surface area contributed by atoms with Crippen LogP contribution < -0.4 is 0 Å². The second-order valence-electron chi connectivity index (χ2n) is 21.1. The summed E-state index contributed by atoms with van der Waals surface area (Å²) in [5.74, 6) is 0.809. The molecule has 0 saturated heterocycles. The summed E-state index contributed by atoms with van der Waals surface area (Å²) in [5, 5.41) is 12.1. The van der Waals surface area contributed by atoms with Crippen LogP contribution >= 0.6 is 0 Å². The van der Waals surface area contributed by atoms with Crippen molar-refractivity contribution in [2.45, 2.75) is 118 Å². The van der Waals surface area contributed by atoms with E-state index < -0.39 is 5.41 Å². The Morgan fingerprint density at radius 2 is 1.23 bits per heavy atom. The number of aromatic nitrogens is 3. The quantitative estimate of drug-likeness (QED) is 0.154. The van der Waals surface area contributed by atoms with Crippen LogP contribution in [-0.4, -0.2) is 19.6 Å². The van der Waals surface area contributed by atoms with Crippen molar-refractivity contribution < 1.29 is 31.7 Å². The number of hydrogen-bond acceptors (Lipinski definition) is 3. The fourth-order valence-electron chi connectivity index (χ4n) is 8.18. The number of hydrogen-bond donors (Lipinski definition) is 1. The summed E-state index contributed by atoms with van der Waals surface area (Å²) in [7, 11) is 0. The molecule has 0 saturated carbocycles. The van der Waals surface area contributed by atoms with Gasteiger partial charge in [-0.25, -0.2) is 4.98 Å². The maximum atomic E-state index is 12.1. The van der Waals surface area contributed by atoms with Crippen LogP contribution in [0.4, 0.5) is 0 Å². The van der Waals surface area contributed by atoms with Gasteiger partial charge in [-0.3, -0.25) is 9.55 Å². The zero-order chi connectivity index (χ0) is 49.4. The summed E-state index contributed by atoms with van der Waals surface area (Å²) >= 11 is 0. The first-order valence-electron chi connectivity index (χ1n) is 24.5. The van der Waals surface area contributed by atoms with Gasteiger partial charge in [-0.2, -0.15) is 0 Å². The summed E-state index contributed by atoms with van der Waals surface area (Å²) in [6.07, 6.45) is 2.64. The molecule has 0 aliphatic heterocycles. The molecule has 0 radical (unpaired) electrons. The largest absolute Gasteiger partial charge is 0.507 e. The van der Waals surface area contributed by atoms with E-state index in [1.54, 1.807) is 12.3 Å². The number of aryl methyl sites for hydroxylation is 1. The second-order valence-corrected chi connectivity index (χ2v) is 21.1. The van der Waals surface area contributed by atoms with Gasteiger partial charge in [0.1, 0.15) is 11.6 Å². The molecule has 2 aromatic heterocycles. The van der Waals surface area contributed by atoms with Gasteiger partial charge in [0.15, 0.2) is 0 Å². The summed E-state index contributed by atoms with van der Waals surface area (Å²) < 4.78 is 38.2. The second kappa shape index (κ2) is 17.7. The summed E-state index contributed by atoms with van der Waals surface area (Å²) in [6.45, 7) is 27.6. The molecule has 8 rings (SSSR count). The van der Waals surface area contributed by atoms with E-state index in [4.69, 9.17) is 15.5 Å². The van der Waals surface area contributed by atoms with Crippen LogP contribution in [0.5, 0.6) is 5.75 Å². The monoisotopic (exact) mass is 1040 g/mol. The van der Waals surface area contributed by atoms with Gasteiger partial charge in [0.25, 0.3) is 0 Å². The van der Waals surface area contributed by atoms with E-state index in [0.717, 1.165) is 67.6 Å². The number of phenolic OH excluding ortho intramolecular Hbond substituents is 1. The number of benzene rings is 6. The zero-order valence-corrected chi connectivity index (χ0v) is 42.5. The molecule has 4 nitrogen and oxygen atoms in total. The standard InChI is InChI=1S/C60H64N3O.Pt/c1-14-60(12,13)45-27-28-52(49(36-45)40-19-16-15-17-20-40)63-53-22-18-21-48(54(53)62-56(63)50-37-46(58(6,7)8)31-38(2)55(50)64)42-32-43(34-47(33-42)59(9,10)11)51-35-41(29-30-61-51)39-23-25-44(26-24-39)57(3,4)5;/h15-31,33-37,64H,14H2,1-13H3;/q-1;/i23D,24D,25D,26D;. The molecule has 6 aromatic carbocycles. The SMILES string of the molecule is [2H]c1c([2H])c(C(C)(C)C)c([2H])c([2H])c1-c1ccnc(-c2[c-]c(-c3cccc4c3nc(-c3cc(C(C)(C)C)cc(C)c3O)n4-c3ccc(C(C)(C)CC)cc3-c3ccccc3)cc(C(C)(C)C)c2)c1.[Pt]. The molecule has 5 heteroatoms. The van der Waals surface area contributed by atoms with Gasteiger partial charge in [-0.05, 0) is 104 Å². The fourth-order valence-corrected chi connectivity index (χ4v) is 8.18. The fraction of sp³-hybridized carbons (Fsp3) is 0.300. The Morgan fingerprint density at radius 3 is 1.88 bits per heavy atom. The van der Waals surface area contributed by atoms with Crippen molar-refractivity contribution >= 4 is 11.0 Å². The van der Waals surface area contributed by atoms with Crippen LogP contribution in [0.15, 0.2) is 133 Å². The third kappa shape index (κ3) is 9.43. The minimum atomic E-state index is -0.573. The van der Waals surface area contributed by atoms with Crippen LogP contribution in [0.1, 0.15) is 123 Å². The Labute approximate surface area is 408 Å². The molecule has 8 aromatic rings. The molecule has 0 aliphatic carbocycles. The van der Waals surface area contributed by atoms with Gasteiger partial charge in [0.2, 0.25) is 0 Å². The van der Waals surface area contributed by atoms with Gasteiger partial charge in [0.05, 0.1) is 27.8 Å².